The minimum Gasteiger partial charge on any atom is -0.502 e. The Labute approximate surface area is 452 Å². The molecule has 6 N–H and O–H groups in total. The van der Waals surface area contributed by atoms with Crippen molar-refractivity contribution in [2.75, 3.05) is 6.61 Å². The maximum atomic E-state index is 15.0. The standard InChI is InChI=1S/C59H54N6O14/c1-35-9-8-10-36(2)55(35)59(74)79-34-52(67)46(33-54(69)70)61-57(72)49(30-39-17-23-42-13-6-7-14-44(42)27-39)63-58(73)48(29-37-15-21-43(22-16-37)41-11-4-3-5-12-41)62-56(71)47(28-38-18-24-45(25-19-38)64(75)76)60-53(68)32-40-20-26-51(66)50(31-40)65(77)78/h3-27,31,46-49,66H,28-30,32-34H2,1-2H3,(H,60,68)(H,61,72)(H,62,71)(H,63,73)(H,69,70)/t46-,47-,48-,49-/m0/s1. The Balaban J connectivity index is 1.21. The number of carbonyl (C=O) groups excluding carboxylic acids is 6. The quantitative estimate of drug-likeness (QED) is 0.0207. The first-order chi connectivity index (χ1) is 37.8. The first-order valence-electron chi connectivity index (χ1n) is 24.8. The van der Waals surface area contributed by atoms with Gasteiger partial charge in [-0.2, -0.15) is 0 Å². The van der Waals surface area contributed by atoms with Crippen molar-refractivity contribution in [3.63, 3.8) is 0 Å². The Kier molecular flexibility index (Phi) is 18.7. The summed E-state index contributed by atoms with van der Waals surface area (Å²) in [6, 6.07) is 36.4. The molecule has 20 heteroatoms. The maximum Gasteiger partial charge on any atom is 0.339 e. The fourth-order valence-corrected chi connectivity index (χ4v) is 8.86. The Bertz CT molecular complexity index is 3420. The molecule has 0 heterocycles. The normalized spacial score (nSPS) is 12.4. The summed E-state index contributed by atoms with van der Waals surface area (Å²) < 4.78 is 5.33. The largest absolute Gasteiger partial charge is 0.502 e. The number of ketones is 1. The van der Waals surface area contributed by atoms with Crippen LogP contribution < -0.4 is 21.3 Å². The van der Waals surface area contributed by atoms with Crippen LogP contribution in [0.3, 0.4) is 0 Å². The van der Waals surface area contributed by atoms with Gasteiger partial charge in [-0.3, -0.25) is 49.0 Å². The zero-order valence-electron chi connectivity index (χ0n) is 42.8. The van der Waals surface area contributed by atoms with Gasteiger partial charge in [0.15, 0.2) is 18.1 Å². The average molecular weight is 1070 g/mol. The Hall–Kier alpha value is -10.1. The SMILES string of the molecule is Cc1cccc(C)c1C(=O)OCC(=O)[C@H](CC(=O)O)NC(=O)[C@H](Cc1ccc2ccccc2c1)NC(=O)[C@H](Cc1ccc(-c2ccccc2)cc1)NC(=O)[C@H](Cc1ccc([N+](=O)[O-])cc1)NC(=O)Cc1ccc(O)c([N+](=O)[O-])c1. The van der Waals surface area contributed by atoms with E-state index in [2.05, 4.69) is 21.3 Å². The first kappa shape index (κ1) is 56.6. The third kappa shape index (κ3) is 15.5. The van der Waals surface area contributed by atoms with Gasteiger partial charge in [-0.05, 0) is 75.2 Å². The third-order valence-electron chi connectivity index (χ3n) is 13.0. The topological polar surface area (TPSA) is 304 Å². The van der Waals surface area contributed by atoms with Crippen LogP contribution in [0.5, 0.6) is 5.75 Å². The lowest BCUT2D eigenvalue weighted by Crippen LogP contribution is -2.59. The number of carboxylic acid groups (broad SMARTS) is 1. The van der Waals surface area contributed by atoms with Crippen LogP contribution in [0.1, 0.15) is 50.2 Å². The van der Waals surface area contributed by atoms with E-state index in [-0.39, 0.29) is 36.1 Å². The molecule has 7 aromatic rings. The van der Waals surface area contributed by atoms with Crippen molar-refractivity contribution < 1.29 is 58.4 Å². The summed E-state index contributed by atoms with van der Waals surface area (Å²) in [4.78, 5) is 119. The minimum atomic E-state index is -1.75. The number of non-ortho nitro benzene ring substituents is 1. The number of carbonyl (C=O) groups is 7. The van der Waals surface area contributed by atoms with E-state index >= 15 is 0 Å². The number of nitrogens with zero attached hydrogens (tertiary/aromatic N) is 2. The number of hydrogen-bond acceptors (Lipinski definition) is 13. The van der Waals surface area contributed by atoms with Crippen LogP contribution in [0.25, 0.3) is 21.9 Å². The highest BCUT2D eigenvalue weighted by molar-refractivity contribution is 5.99. The second kappa shape index (κ2) is 26.1. The van der Waals surface area contributed by atoms with E-state index in [1.165, 1.54) is 30.3 Å². The van der Waals surface area contributed by atoms with Crippen LogP contribution in [-0.2, 0) is 59.2 Å². The van der Waals surface area contributed by atoms with Crippen LogP contribution >= 0.6 is 0 Å². The number of nitro benzene ring substituents is 2. The Morgan fingerprint density at radius 3 is 1.62 bits per heavy atom. The molecule has 0 bridgehead atoms. The number of aliphatic carboxylic acids is 1. The molecule has 7 rings (SSSR count). The second-order valence-electron chi connectivity index (χ2n) is 18.7. The summed E-state index contributed by atoms with van der Waals surface area (Å²) >= 11 is 0. The number of nitro groups is 2. The number of Topliss-reactive ketones (excluding diaryl/α,β-unsaturated/α-hetero) is 1. The zero-order chi connectivity index (χ0) is 56.8. The second-order valence-corrected chi connectivity index (χ2v) is 18.7. The number of rotatable bonds is 24. The summed E-state index contributed by atoms with van der Waals surface area (Å²) in [6.07, 6.45) is -2.14. The van der Waals surface area contributed by atoms with Crippen molar-refractivity contribution in [3.8, 4) is 16.9 Å². The van der Waals surface area contributed by atoms with E-state index in [9.17, 15) is 64.0 Å². The van der Waals surface area contributed by atoms with Gasteiger partial charge in [0, 0.05) is 37.5 Å². The molecule has 4 amide bonds. The number of phenolic OH excluding ortho intramolecular Hbond substituents is 1. The minimum absolute atomic E-state index is 0.106. The number of fused-ring (bicyclic) bond motifs is 1. The zero-order valence-corrected chi connectivity index (χ0v) is 42.8. The number of esters is 1. The van der Waals surface area contributed by atoms with Crippen molar-refractivity contribution in [1.82, 2.24) is 21.3 Å². The predicted molar refractivity (Wildman–Crippen MR) is 290 cm³/mol. The summed E-state index contributed by atoms with van der Waals surface area (Å²) in [5, 5.41) is 55.1. The summed E-state index contributed by atoms with van der Waals surface area (Å²) in [6.45, 7) is 2.45. The van der Waals surface area contributed by atoms with E-state index in [4.69, 9.17) is 4.74 Å². The molecule has 0 spiro atoms. The number of ether oxygens (including phenoxy) is 1. The third-order valence-corrected chi connectivity index (χ3v) is 13.0. The number of hydrogen-bond donors (Lipinski definition) is 6. The van der Waals surface area contributed by atoms with Crippen LogP contribution in [0.4, 0.5) is 11.4 Å². The Morgan fingerprint density at radius 1 is 0.532 bits per heavy atom. The molecule has 4 atom stereocenters. The molecule has 404 valence electrons. The fraction of sp³-hybridized carbons (Fsp3) is 0.203. The molecule has 0 saturated carbocycles. The molecule has 0 aliphatic rings. The number of phenols is 1. The molecule has 0 radical (unpaired) electrons. The highest BCUT2D eigenvalue weighted by Crippen LogP contribution is 2.27. The van der Waals surface area contributed by atoms with Gasteiger partial charge in [0.25, 0.3) is 5.69 Å². The Morgan fingerprint density at radius 2 is 1.04 bits per heavy atom. The van der Waals surface area contributed by atoms with Crippen LogP contribution in [-0.4, -0.2) is 92.2 Å². The number of aryl methyl sites for hydroxylation is 2. The number of amides is 4. The van der Waals surface area contributed by atoms with E-state index in [0.29, 0.717) is 27.8 Å². The molecule has 79 heavy (non-hydrogen) atoms. The monoisotopic (exact) mass is 1070 g/mol. The lowest BCUT2D eigenvalue weighted by atomic mass is 9.98. The molecular weight excluding hydrogens is 1020 g/mol. The highest BCUT2D eigenvalue weighted by Gasteiger charge is 2.34. The van der Waals surface area contributed by atoms with Crippen molar-refractivity contribution in [3.05, 3.63) is 217 Å². The number of carboxylic acids is 1. The van der Waals surface area contributed by atoms with Crippen LogP contribution in [0, 0.1) is 34.1 Å². The number of aromatic hydroxyl groups is 1. The van der Waals surface area contributed by atoms with Crippen molar-refractivity contribution in [2.45, 2.75) is 70.1 Å². The van der Waals surface area contributed by atoms with Gasteiger partial charge in [0.1, 0.15) is 24.2 Å². The van der Waals surface area contributed by atoms with Crippen LogP contribution in [0.15, 0.2) is 158 Å². The molecule has 0 unspecified atom stereocenters. The van der Waals surface area contributed by atoms with Gasteiger partial charge < -0.3 is 36.2 Å². The molecule has 7 aromatic carbocycles. The van der Waals surface area contributed by atoms with E-state index in [0.717, 1.165) is 34.0 Å². The van der Waals surface area contributed by atoms with Gasteiger partial charge in [-0.25, -0.2) is 4.79 Å². The van der Waals surface area contributed by atoms with Gasteiger partial charge >= 0.3 is 17.6 Å². The smallest absolute Gasteiger partial charge is 0.339 e. The van der Waals surface area contributed by atoms with Gasteiger partial charge in [0.05, 0.1) is 28.3 Å². The maximum absolute atomic E-state index is 15.0. The number of nitrogens with one attached hydrogen (secondary N) is 4. The molecule has 0 fully saturated rings. The van der Waals surface area contributed by atoms with Gasteiger partial charge in [-0.1, -0.05) is 133 Å². The van der Waals surface area contributed by atoms with Crippen molar-refractivity contribution in [2.24, 2.45) is 0 Å². The molecule has 20 nitrogen and oxygen atoms in total. The highest BCUT2D eigenvalue weighted by atomic mass is 16.6. The summed E-state index contributed by atoms with van der Waals surface area (Å²) in [5.41, 5.74) is 3.68. The number of benzene rings is 7. The fourth-order valence-electron chi connectivity index (χ4n) is 8.86. The van der Waals surface area contributed by atoms with Crippen LogP contribution in [0.2, 0.25) is 0 Å². The predicted octanol–water partition coefficient (Wildman–Crippen LogP) is 6.76. The summed E-state index contributed by atoms with van der Waals surface area (Å²) in [7, 11) is 0. The molecule has 0 aliphatic carbocycles. The van der Waals surface area contributed by atoms with Crippen molar-refractivity contribution in [1.29, 1.82) is 0 Å². The molecule has 0 aliphatic heterocycles. The van der Waals surface area contributed by atoms with Crippen molar-refractivity contribution >= 4 is 63.5 Å². The average Bonchev–Trinajstić information content (AvgIpc) is 3.44. The van der Waals surface area contributed by atoms with Gasteiger partial charge in [-0.15, -0.1) is 0 Å². The first-order valence-corrected chi connectivity index (χ1v) is 24.8. The lowest BCUT2D eigenvalue weighted by Gasteiger charge is -2.27. The van der Waals surface area contributed by atoms with Gasteiger partial charge in [0.2, 0.25) is 23.6 Å². The molecule has 0 aromatic heterocycles. The van der Waals surface area contributed by atoms with E-state index in [1.807, 2.05) is 66.7 Å². The molecule has 0 saturated heterocycles. The van der Waals surface area contributed by atoms with E-state index in [1.54, 1.807) is 62.4 Å². The van der Waals surface area contributed by atoms with E-state index < -0.39 is 106 Å². The lowest BCUT2D eigenvalue weighted by molar-refractivity contribution is -0.385. The molecular formula is C59H54N6O14. The summed E-state index contributed by atoms with van der Waals surface area (Å²) in [5.74, 6) is -7.58.